The Morgan fingerprint density at radius 2 is 2.25 bits per heavy atom. The molecule has 4 nitrogen and oxygen atoms in total. The van der Waals surface area contributed by atoms with Crippen molar-refractivity contribution in [3.8, 4) is 6.07 Å². The summed E-state index contributed by atoms with van der Waals surface area (Å²) in [7, 11) is 3.94. The maximum absolute atomic E-state index is 9.33. The lowest BCUT2D eigenvalue weighted by Crippen LogP contribution is -2.50. The molecular weight excluding hydrogens is 202 g/mol. The minimum absolute atomic E-state index is 0.00699. The van der Waals surface area contributed by atoms with E-state index in [-0.39, 0.29) is 6.04 Å². The van der Waals surface area contributed by atoms with Gasteiger partial charge in [-0.2, -0.15) is 5.26 Å². The number of aromatic nitrogens is 1. The van der Waals surface area contributed by atoms with Crippen molar-refractivity contribution in [2.45, 2.75) is 6.04 Å². The summed E-state index contributed by atoms with van der Waals surface area (Å²) in [6.07, 6.45) is 1.76. The monoisotopic (exact) mass is 217 g/mol. The summed E-state index contributed by atoms with van der Waals surface area (Å²) in [6, 6.07) is 8.17. The fraction of sp³-hybridized carbons (Fsp3) is 0.500. The summed E-state index contributed by atoms with van der Waals surface area (Å²) < 4.78 is 5.20. The first-order valence-electron chi connectivity index (χ1n) is 5.26. The van der Waals surface area contributed by atoms with Crippen LogP contribution < -0.4 is 0 Å². The summed E-state index contributed by atoms with van der Waals surface area (Å²) in [5.41, 5.74) is 0.482. The van der Waals surface area contributed by atoms with E-state index in [1.54, 1.807) is 6.20 Å². The number of hydrogen-bond acceptors (Lipinski definition) is 4. The second kappa shape index (κ2) is 4.20. The summed E-state index contributed by atoms with van der Waals surface area (Å²) >= 11 is 0. The van der Waals surface area contributed by atoms with Crippen LogP contribution in [0.1, 0.15) is 11.7 Å². The third-order valence-electron chi connectivity index (χ3n) is 2.95. The number of nitriles is 1. The van der Waals surface area contributed by atoms with Gasteiger partial charge >= 0.3 is 0 Å². The van der Waals surface area contributed by atoms with Crippen LogP contribution in [-0.2, 0) is 4.74 Å². The second-order valence-corrected chi connectivity index (χ2v) is 4.38. The van der Waals surface area contributed by atoms with E-state index in [1.807, 2.05) is 37.2 Å². The van der Waals surface area contributed by atoms with E-state index in [4.69, 9.17) is 4.74 Å². The first kappa shape index (κ1) is 11.1. The van der Waals surface area contributed by atoms with Crippen molar-refractivity contribution in [1.29, 1.82) is 5.26 Å². The first-order valence-corrected chi connectivity index (χ1v) is 5.26. The molecule has 0 radical (unpaired) electrons. The van der Waals surface area contributed by atoms with Crippen molar-refractivity contribution in [2.75, 3.05) is 27.3 Å². The van der Waals surface area contributed by atoms with Gasteiger partial charge in [0.25, 0.3) is 0 Å². The molecule has 0 aliphatic carbocycles. The molecule has 1 aliphatic heterocycles. The molecular formula is C12H15N3O. The molecule has 1 aliphatic rings. The van der Waals surface area contributed by atoms with E-state index >= 15 is 0 Å². The Hall–Kier alpha value is -1.44. The van der Waals surface area contributed by atoms with Crippen LogP contribution in [0.15, 0.2) is 24.4 Å². The van der Waals surface area contributed by atoms with Crippen molar-refractivity contribution in [3.63, 3.8) is 0 Å². The number of nitrogens with zero attached hydrogens (tertiary/aromatic N) is 3. The van der Waals surface area contributed by atoms with E-state index < -0.39 is 5.41 Å². The zero-order valence-corrected chi connectivity index (χ0v) is 9.55. The largest absolute Gasteiger partial charge is 0.378 e. The fourth-order valence-electron chi connectivity index (χ4n) is 2.19. The van der Waals surface area contributed by atoms with Gasteiger partial charge in [-0.1, -0.05) is 6.07 Å². The molecule has 1 saturated heterocycles. The van der Waals surface area contributed by atoms with Crippen LogP contribution in [0.5, 0.6) is 0 Å². The molecule has 1 atom stereocenters. The minimum Gasteiger partial charge on any atom is -0.378 e. The van der Waals surface area contributed by atoms with Gasteiger partial charge in [-0.25, -0.2) is 0 Å². The minimum atomic E-state index is -0.447. The van der Waals surface area contributed by atoms with E-state index in [0.29, 0.717) is 13.2 Å². The number of rotatable bonds is 3. The Morgan fingerprint density at radius 3 is 2.62 bits per heavy atom. The van der Waals surface area contributed by atoms with Crippen LogP contribution in [0.3, 0.4) is 0 Å². The Kier molecular flexibility index (Phi) is 2.90. The van der Waals surface area contributed by atoms with Crippen LogP contribution in [0, 0.1) is 16.7 Å². The molecule has 0 bridgehead atoms. The van der Waals surface area contributed by atoms with Gasteiger partial charge in [0, 0.05) is 6.20 Å². The molecule has 16 heavy (non-hydrogen) atoms. The maximum Gasteiger partial charge on any atom is 0.125 e. The predicted octanol–water partition coefficient (Wildman–Crippen LogP) is 1.22. The highest BCUT2D eigenvalue weighted by atomic mass is 16.5. The molecule has 0 amide bonds. The van der Waals surface area contributed by atoms with Gasteiger partial charge in [-0.05, 0) is 26.2 Å². The lowest BCUT2D eigenvalue weighted by atomic mass is 9.77. The first-order chi connectivity index (χ1) is 7.69. The van der Waals surface area contributed by atoms with Gasteiger partial charge in [0.2, 0.25) is 0 Å². The fourth-order valence-corrected chi connectivity index (χ4v) is 2.19. The number of pyridine rings is 1. The van der Waals surface area contributed by atoms with Gasteiger partial charge in [-0.3, -0.25) is 9.88 Å². The van der Waals surface area contributed by atoms with E-state index in [1.165, 1.54) is 0 Å². The average Bonchev–Trinajstić information content (AvgIpc) is 2.24. The third-order valence-corrected chi connectivity index (χ3v) is 2.95. The third kappa shape index (κ3) is 1.69. The number of hydrogen-bond donors (Lipinski definition) is 0. The van der Waals surface area contributed by atoms with Gasteiger partial charge in [0.15, 0.2) is 0 Å². The maximum atomic E-state index is 9.33. The van der Waals surface area contributed by atoms with Crippen LogP contribution in [-0.4, -0.2) is 37.2 Å². The Bertz CT molecular complexity index is 392. The van der Waals surface area contributed by atoms with Crippen molar-refractivity contribution >= 4 is 0 Å². The molecule has 0 spiro atoms. The molecule has 1 fully saturated rings. The predicted molar refractivity (Wildman–Crippen MR) is 59.5 cm³/mol. The standard InChI is InChI=1S/C12H15N3O/c1-15(2)11(10-5-3-4-6-14-10)12(7-13)8-16-9-12/h3-6,11H,8-9H2,1-2H3. The average molecular weight is 217 g/mol. The van der Waals surface area contributed by atoms with Crippen LogP contribution >= 0.6 is 0 Å². The van der Waals surface area contributed by atoms with Crippen molar-refractivity contribution in [3.05, 3.63) is 30.1 Å². The topological polar surface area (TPSA) is 49.2 Å². The van der Waals surface area contributed by atoms with Crippen LogP contribution in [0.2, 0.25) is 0 Å². The zero-order chi connectivity index (χ0) is 11.6. The summed E-state index contributed by atoms with van der Waals surface area (Å²) in [4.78, 5) is 6.38. The Balaban J connectivity index is 2.36. The lowest BCUT2D eigenvalue weighted by molar-refractivity contribution is -0.116. The van der Waals surface area contributed by atoms with Gasteiger partial charge in [0.05, 0.1) is 31.0 Å². The van der Waals surface area contributed by atoms with E-state index in [2.05, 4.69) is 11.1 Å². The van der Waals surface area contributed by atoms with Crippen molar-refractivity contribution in [1.82, 2.24) is 9.88 Å². The molecule has 1 unspecified atom stereocenters. The molecule has 2 rings (SSSR count). The van der Waals surface area contributed by atoms with Crippen molar-refractivity contribution in [2.24, 2.45) is 5.41 Å². The Morgan fingerprint density at radius 1 is 1.50 bits per heavy atom. The molecule has 1 aromatic rings. The summed E-state index contributed by atoms with van der Waals surface area (Å²) in [5, 5.41) is 9.33. The SMILES string of the molecule is CN(C)C(c1ccccn1)C1(C#N)COC1. The molecule has 2 heterocycles. The highest BCUT2D eigenvalue weighted by Crippen LogP contribution is 2.42. The van der Waals surface area contributed by atoms with Gasteiger partial charge < -0.3 is 4.74 Å². The molecule has 4 heteroatoms. The van der Waals surface area contributed by atoms with Gasteiger partial charge in [-0.15, -0.1) is 0 Å². The van der Waals surface area contributed by atoms with Crippen molar-refractivity contribution < 1.29 is 4.74 Å². The highest BCUT2D eigenvalue weighted by molar-refractivity contribution is 5.20. The Labute approximate surface area is 95.5 Å². The molecule has 0 N–H and O–H groups in total. The number of ether oxygens (including phenoxy) is 1. The second-order valence-electron chi connectivity index (χ2n) is 4.38. The lowest BCUT2D eigenvalue weighted by Gasteiger charge is -2.44. The highest BCUT2D eigenvalue weighted by Gasteiger charge is 2.48. The summed E-state index contributed by atoms with van der Waals surface area (Å²) in [5.74, 6) is 0. The molecule has 1 aromatic heterocycles. The molecule has 0 saturated carbocycles. The zero-order valence-electron chi connectivity index (χ0n) is 9.55. The normalized spacial score (nSPS) is 19.9. The molecule has 0 aromatic carbocycles. The quantitative estimate of drug-likeness (QED) is 0.764. The summed E-state index contributed by atoms with van der Waals surface area (Å²) in [6.45, 7) is 0.978. The van der Waals surface area contributed by atoms with Gasteiger partial charge in [0.1, 0.15) is 5.41 Å². The van der Waals surface area contributed by atoms with Crippen LogP contribution in [0.4, 0.5) is 0 Å². The van der Waals surface area contributed by atoms with E-state index in [9.17, 15) is 5.26 Å². The smallest absolute Gasteiger partial charge is 0.125 e. The van der Waals surface area contributed by atoms with Crippen LogP contribution in [0.25, 0.3) is 0 Å². The molecule has 84 valence electrons. The van der Waals surface area contributed by atoms with E-state index in [0.717, 1.165) is 5.69 Å².